The number of H-pyrrole nitrogens is 1. The van der Waals surface area contributed by atoms with Gasteiger partial charge in [-0.1, -0.05) is 12.1 Å². The largest absolute Gasteiger partial charge is 0.508 e. The summed E-state index contributed by atoms with van der Waals surface area (Å²) in [7, 11) is 0. The van der Waals surface area contributed by atoms with Crippen molar-refractivity contribution in [2.45, 2.75) is 75.2 Å². The Balaban J connectivity index is 2.28. The van der Waals surface area contributed by atoms with E-state index in [0.29, 0.717) is 11.3 Å². The molecule has 0 aliphatic heterocycles. The number of imidazole rings is 1. The first-order valence-corrected chi connectivity index (χ1v) is 15.9. The number of benzene rings is 1. The number of aliphatic carboxylic acids is 2. The minimum Gasteiger partial charge on any atom is -0.508 e. The highest BCUT2D eigenvalue weighted by atomic mass is 16.4. The molecule has 0 unspecified atom stereocenters. The number of carbonyl (C=O) groups is 9. The van der Waals surface area contributed by atoms with Crippen LogP contribution in [0.1, 0.15) is 43.4 Å². The summed E-state index contributed by atoms with van der Waals surface area (Å²) in [5.41, 5.74) is 16.8. The van der Waals surface area contributed by atoms with Gasteiger partial charge in [0.05, 0.1) is 25.3 Å². The van der Waals surface area contributed by atoms with E-state index in [1.807, 2.05) is 0 Å². The highest BCUT2D eigenvalue weighted by Gasteiger charge is 2.33. The van der Waals surface area contributed by atoms with E-state index in [-0.39, 0.29) is 37.9 Å². The van der Waals surface area contributed by atoms with E-state index in [2.05, 4.69) is 36.6 Å². The number of carboxylic acid groups (broad SMARTS) is 2. The molecular formula is C31H42N10O12. The predicted molar refractivity (Wildman–Crippen MR) is 180 cm³/mol. The summed E-state index contributed by atoms with van der Waals surface area (Å²) in [4.78, 5) is 118. The number of aromatic amines is 1. The number of phenols is 1. The van der Waals surface area contributed by atoms with Gasteiger partial charge in [0.15, 0.2) is 0 Å². The average molecular weight is 747 g/mol. The molecule has 2 rings (SSSR count). The van der Waals surface area contributed by atoms with Gasteiger partial charge in [0.1, 0.15) is 29.9 Å². The van der Waals surface area contributed by atoms with Gasteiger partial charge >= 0.3 is 11.9 Å². The quantitative estimate of drug-likeness (QED) is 0.0509. The van der Waals surface area contributed by atoms with Gasteiger partial charge in [-0.05, 0) is 30.5 Å². The lowest BCUT2D eigenvalue weighted by atomic mass is 10.0. The third-order valence-corrected chi connectivity index (χ3v) is 7.40. The van der Waals surface area contributed by atoms with Crippen molar-refractivity contribution >= 4 is 53.3 Å². The highest BCUT2D eigenvalue weighted by molar-refractivity contribution is 5.97. The molecule has 22 nitrogen and oxygen atoms in total. The summed E-state index contributed by atoms with van der Waals surface area (Å²) >= 11 is 0. The number of nitrogens with zero attached hydrogens (tertiary/aromatic N) is 1. The van der Waals surface area contributed by atoms with Gasteiger partial charge in [0, 0.05) is 37.6 Å². The Morgan fingerprint density at radius 2 is 1.30 bits per heavy atom. The number of hydrogen-bond acceptors (Lipinski definition) is 12. The zero-order valence-corrected chi connectivity index (χ0v) is 28.2. The molecule has 7 amide bonds. The minimum absolute atomic E-state index is 0.112. The second-order valence-corrected chi connectivity index (χ2v) is 11.7. The maximum absolute atomic E-state index is 13.6. The van der Waals surface area contributed by atoms with Crippen LogP contribution < -0.4 is 43.8 Å². The molecule has 0 bridgehead atoms. The number of nitrogens with one attached hydrogen (secondary N) is 6. The molecule has 15 N–H and O–H groups in total. The molecule has 0 spiro atoms. The summed E-state index contributed by atoms with van der Waals surface area (Å²) in [5, 5.41) is 39.5. The third-order valence-electron chi connectivity index (χ3n) is 7.40. The van der Waals surface area contributed by atoms with Crippen molar-refractivity contribution in [2.75, 3.05) is 6.54 Å². The molecule has 1 aromatic heterocycles. The minimum atomic E-state index is -1.74. The number of carbonyl (C=O) groups excluding carboxylic acids is 7. The van der Waals surface area contributed by atoms with E-state index in [0.717, 1.165) is 0 Å². The highest BCUT2D eigenvalue weighted by Crippen LogP contribution is 2.12. The van der Waals surface area contributed by atoms with Crippen molar-refractivity contribution in [3.63, 3.8) is 0 Å². The monoisotopic (exact) mass is 746 g/mol. The molecule has 0 fully saturated rings. The first-order chi connectivity index (χ1) is 24.9. The molecule has 0 radical (unpaired) electrons. The van der Waals surface area contributed by atoms with Crippen molar-refractivity contribution in [1.82, 2.24) is 36.6 Å². The molecule has 0 aliphatic rings. The second-order valence-electron chi connectivity index (χ2n) is 11.7. The maximum atomic E-state index is 13.6. The zero-order valence-electron chi connectivity index (χ0n) is 28.2. The van der Waals surface area contributed by atoms with Crippen molar-refractivity contribution in [1.29, 1.82) is 0 Å². The SMILES string of the molecule is NC(=O)CC[C@H](NC(=O)[C@H](Cc1ccc(O)cc1)NC(=O)[C@H](CC(N)=O)NC(=O)[C@H](Cc1cnc[nH]1)NC(=O)CNC(=O)[C@@H](N)CCC(=O)O)C(=O)O. The Morgan fingerprint density at radius 3 is 1.85 bits per heavy atom. The van der Waals surface area contributed by atoms with Gasteiger partial charge in [0.2, 0.25) is 41.4 Å². The first kappa shape index (κ1) is 42.6. The number of amides is 7. The van der Waals surface area contributed by atoms with E-state index in [1.165, 1.54) is 36.8 Å². The van der Waals surface area contributed by atoms with Crippen LogP contribution in [-0.4, -0.2) is 115 Å². The summed E-state index contributed by atoms with van der Waals surface area (Å²) in [5.74, 6) is -9.56. The summed E-state index contributed by atoms with van der Waals surface area (Å²) < 4.78 is 0. The molecule has 0 aliphatic carbocycles. The van der Waals surface area contributed by atoms with Gasteiger partial charge in [-0.25, -0.2) is 9.78 Å². The lowest BCUT2D eigenvalue weighted by molar-refractivity contribution is -0.143. The van der Waals surface area contributed by atoms with E-state index >= 15 is 0 Å². The van der Waals surface area contributed by atoms with Crippen LogP contribution in [-0.2, 0) is 56.0 Å². The van der Waals surface area contributed by atoms with Crippen molar-refractivity contribution in [2.24, 2.45) is 17.2 Å². The van der Waals surface area contributed by atoms with Crippen molar-refractivity contribution < 1.29 is 58.5 Å². The van der Waals surface area contributed by atoms with E-state index < -0.39 is 103 Å². The number of aromatic hydroxyl groups is 1. The van der Waals surface area contributed by atoms with Gasteiger partial charge in [-0.3, -0.25) is 38.4 Å². The van der Waals surface area contributed by atoms with Crippen LogP contribution in [0.3, 0.4) is 0 Å². The van der Waals surface area contributed by atoms with E-state index in [4.69, 9.17) is 22.3 Å². The first-order valence-electron chi connectivity index (χ1n) is 15.9. The van der Waals surface area contributed by atoms with E-state index in [1.54, 1.807) is 0 Å². The molecule has 53 heavy (non-hydrogen) atoms. The standard InChI is InChI=1S/C31H42N10O12/c32-18(5-8-26(46)47)27(48)36-13-25(45)38-21(10-16-12-35-14-37-16)29(50)41-22(11-24(34)44)30(51)40-20(9-15-1-3-17(42)4-2-15)28(49)39-19(31(52)53)6-7-23(33)43/h1-4,12,14,18-22,42H,5-11,13,32H2,(H2,33,43)(H2,34,44)(H,35,37)(H,36,48)(H,38,45)(H,39,49)(H,40,51)(H,41,50)(H,46,47)(H,52,53)/t18-,19-,20-,21-,22-/m0/s1. The second kappa shape index (κ2) is 20.9. The lowest BCUT2D eigenvalue weighted by Gasteiger charge is -2.26. The molecule has 22 heteroatoms. The number of aromatic nitrogens is 2. The predicted octanol–water partition coefficient (Wildman–Crippen LogP) is -4.63. The molecule has 1 heterocycles. The lowest BCUT2D eigenvalue weighted by Crippen LogP contribution is -2.59. The fourth-order valence-corrected chi connectivity index (χ4v) is 4.63. The van der Waals surface area contributed by atoms with Crippen LogP contribution >= 0.6 is 0 Å². The molecule has 288 valence electrons. The van der Waals surface area contributed by atoms with Crippen molar-refractivity contribution in [3.05, 3.63) is 48.0 Å². The smallest absolute Gasteiger partial charge is 0.326 e. The topological polar surface area (TPSA) is 381 Å². The van der Waals surface area contributed by atoms with Gasteiger partial charge < -0.3 is 64.1 Å². The molecule has 5 atom stereocenters. The Labute approximate surface area is 301 Å². The summed E-state index contributed by atoms with van der Waals surface area (Å²) in [6.45, 7) is -0.678. The summed E-state index contributed by atoms with van der Waals surface area (Å²) in [6.07, 6.45) is -0.0392. The van der Waals surface area contributed by atoms with Crippen LogP contribution in [0, 0.1) is 0 Å². The Bertz CT molecular complexity index is 1630. The van der Waals surface area contributed by atoms with Gasteiger partial charge in [0.25, 0.3) is 0 Å². The number of carboxylic acids is 2. The molecule has 0 saturated carbocycles. The maximum Gasteiger partial charge on any atom is 0.326 e. The Morgan fingerprint density at radius 1 is 0.717 bits per heavy atom. The summed E-state index contributed by atoms with van der Waals surface area (Å²) in [6, 6.07) is -2.14. The number of primary amides is 2. The molecule has 1 aromatic carbocycles. The van der Waals surface area contributed by atoms with Crippen LogP contribution in [0.5, 0.6) is 5.75 Å². The Kier molecular flexibility index (Phi) is 16.8. The van der Waals surface area contributed by atoms with Crippen molar-refractivity contribution in [3.8, 4) is 5.75 Å². The fraction of sp³-hybridized carbons (Fsp3) is 0.419. The number of rotatable bonds is 23. The number of nitrogens with two attached hydrogens (primary N) is 3. The normalized spacial score (nSPS) is 13.5. The van der Waals surface area contributed by atoms with Crippen LogP contribution in [0.15, 0.2) is 36.8 Å². The number of hydrogen-bond donors (Lipinski definition) is 12. The number of phenolic OH excluding ortho intramolecular Hbond substituents is 1. The zero-order chi connectivity index (χ0) is 39.7. The molecule has 2 aromatic rings. The third kappa shape index (κ3) is 15.9. The fourth-order valence-electron chi connectivity index (χ4n) is 4.63. The van der Waals surface area contributed by atoms with Crippen LogP contribution in [0.25, 0.3) is 0 Å². The van der Waals surface area contributed by atoms with Gasteiger partial charge in [-0.2, -0.15) is 0 Å². The Hall–Kier alpha value is -6.58. The molecular weight excluding hydrogens is 704 g/mol. The average Bonchev–Trinajstić information content (AvgIpc) is 3.60. The molecule has 0 saturated heterocycles. The van der Waals surface area contributed by atoms with Gasteiger partial charge in [-0.15, -0.1) is 0 Å². The van der Waals surface area contributed by atoms with Crippen LogP contribution in [0.2, 0.25) is 0 Å². The van der Waals surface area contributed by atoms with Crippen LogP contribution in [0.4, 0.5) is 0 Å². The van der Waals surface area contributed by atoms with E-state index in [9.17, 15) is 53.4 Å².